The first kappa shape index (κ1) is 24.6. The minimum Gasteiger partial charge on any atom is -0.444 e. The van der Waals surface area contributed by atoms with Crippen molar-refractivity contribution in [3.8, 4) is 0 Å². The number of rotatable bonds is 6. The Bertz CT molecular complexity index is 554. The molecule has 0 aromatic heterocycles. The summed E-state index contributed by atoms with van der Waals surface area (Å²) in [5.74, 6) is 1.29. The topological polar surface area (TPSA) is 57.2 Å². The third-order valence-corrected chi connectivity index (χ3v) is 11.4. The van der Waals surface area contributed by atoms with E-state index >= 15 is 0 Å². The van der Waals surface area contributed by atoms with E-state index in [1.165, 1.54) is 0 Å². The van der Waals surface area contributed by atoms with Crippen LogP contribution >= 0.6 is 0 Å². The molecule has 1 amide bonds. The molecular weight excluding hydrogens is 386 g/mol. The maximum absolute atomic E-state index is 12.5. The van der Waals surface area contributed by atoms with Gasteiger partial charge in [0.1, 0.15) is 12.4 Å². The minimum atomic E-state index is -1.82. The van der Waals surface area contributed by atoms with Gasteiger partial charge in [-0.25, -0.2) is 4.79 Å². The van der Waals surface area contributed by atoms with Crippen LogP contribution in [0.4, 0.5) is 4.79 Å². The SMILES string of the molecule is COCOC1C[C@H]2CN(C(=O)OC(C)(C)C)CC[C@@H]2[C@@H]1CO[Si](C)(C)C(C)(C)C. The second-order valence-electron chi connectivity index (χ2n) is 11.2. The predicted octanol–water partition coefficient (Wildman–Crippen LogP) is 4.89. The fourth-order valence-electron chi connectivity index (χ4n) is 4.20. The molecule has 7 heteroatoms. The van der Waals surface area contributed by atoms with E-state index in [9.17, 15) is 4.79 Å². The number of hydrogen-bond donors (Lipinski definition) is 0. The van der Waals surface area contributed by atoms with Gasteiger partial charge in [0.2, 0.25) is 0 Å². The largest absolute Gasteiger partial charge is 0.444 e. The molecule has 1 aliphatic carbocycles. The first-order valence-electron chi connectivity index (χ1n) is 11.0. The van der Waals surface area contributed by atoms with Crippen LogP contribution in [0.2, 0.25) is 18.1 Å². The Morgan fingerprint density at radius 3 is 2.34 bits per heavy atom. The highest BCUT2D eigenvalue weighted by Crippen LogP contribution is 2.45. The van der Waals surface area contributed by atoms with Crippen LogP contribution < -0.4 is 0 Å². The lowest BCUT2D eigenvalue weighted by Crippen LogP contribution is -2.47. The number of amides is 1. The predicted molar refractivity (Wildman–Crippen MR) is 117 cm³/mol. The molecule has 2 rings (SSSR count). The van der Waals surface area contributed by atoms with Crippen molar-refractivity contribution in [3.63, 3.8) is 0 Å². The Balaban J connectivity index is 2.05. The van der Waals surface area contributed by atoms with Crippen LogP contribution in [0.15, 0.2) is 0 Å². The van der Waals surface area contributed by atoms with Gasteiger partial charge in [0.15, 0.2) is 8.32 Å². The van der Waals surface area contributed by atoms with Crippen molar-refractivity contribution in [2.75, 3.05) is 33.6 Å². The zero-order chi connectivity index (χ0) is 22.0. The number of piperidine rings is 1. The second-order valence-corrected chi connectivity index (χ2v) is 16.0. The lowest BCUT2D eigenvalue weighted by atomic mass is 9.83. The van der Waals surface area contributed by atoms with Crippen LogP contribution in [0.5, 0.6) is 0 Å². The van der Waals surface area contributed by atoms with Crippen molar-refractivity contribution >= 4 is 14.4 Å². The number of fused-ring (bicyclic) bond motifs is 1. The molecule has 1 saturated carbocycles. The third kappa shape index (κ3) is 6.42. The Labute approximate surface area is 178 Å². The monoisotopic (exact) mass is 429 g/mol. The molecule has 4 atom stereocenters. The molecule has 0 aromatic rings. The summed E-state index contributed by atoms with van der Waals surface area (Å²) in [6.45, 7) is 19.7. The van der Waals surface area contributed by atoms with Crippen LogP contribution in [0.3, 0.4) is 0 Å². The van der Waals surface area contributed by atoms with E-state index in [0.29, 0.717) is 24.5 Å². The molecule has 1 heterocycles. The van der Waals surface area contributed by atoms with Gasteiger partial charge in [-0.2, -0.15) is 0 Å². The molecule has 1 aliphatic heterocycles. The van der Waals surface area contributed by atoms with Crippen LogP contribution in [-0.4, -0.2) is 64.6 Å². The highest BCUT2D eigenvalue weighted by molar-refractivity contribution is 6.74. The fourth-order valence-corrected chi connectivity index (χ4v) is 5.25. The van der Waals surface area contributed by atoms with Crippen LogP contribution in [0.1, 0.15) is 54.4 Å². The van der Waals surface area contributed by atoms with Crippen molar-refractivity contribution in [1.82, 2.24) is 4.90 Å². The average molecular weight is 430 g/mol. The van der Waals surface area contributed by atoms with Crippen molar-refractivity contribution in [3.05, 3.63) is 0 Å². The van der Waals surface area contributed by atoms with Gasteiger partial charge in [0.05, 0.1) is 6.10 Å². The van der Waals surface area contributed by atoms with Crippen molar-refractivity contribution in [2.24, 2.45) is 17.8 Å². The van der Waals surface area contributed by atoms with Gasteiger partial charge in [-0.3, -0.25) is 0 Å². The number of nitrogens with zero attached hydrogens (tertiary/aromatic N) is 1. The number of ether oxygens (including phenoxy) is 3. The number of hydrogen-bond acceptors (Lipinski definition) is 5. The van der Waals surface area contributed by atoms with Crippen LogP contribution in [-0.2, 0) is 18.6 Å². The molecule has 0 bridgehead atoms. The van der Waals surface area contributed by atoms with E-state index in [4.69, 9.17) is 18.6 Å². The Morgan fingerprint density at radius 1 is 1.14 bits per heavy atom. The summed E-state index contributed by atoms with van der Waals surface area (Å²) in [6.07, 6.45) is 1.83. The second kappa shape index (κ2) is 9.24. The summed E-state index contributed by atoms with van der Waals surface area (Å²) in [5.41, 5.74) is -0.465. The van der Waals surface area contributed by atoms with Crippen molar-refractivity contribution in [1.29, 1.82) is 0 Å². The fraction of sp³-hybridized carbons (Fsp3) is 0.955. The molecule has 2 fully saturated rings. The highest BCUT2D eigenvalue weighted by Gasteiger charge is 2.48. The molecule has 0 aromatic carbocycles. The summed E-state index contributed by atoms with van der Waals surface area (Å²) in [7, 11) is -0.159. The van der Waals surface area contributed by atoms with E-state index in [-0.39, 0.29) is 17.2 Å². The van der Waals surface area contributed by atoms with Crippen LogP contribution in [0, 0.1) is 17.8 Å². The lowest BCUT2D eigenvalue weighted by Gasteiger charge is -2.40. The number of likely N-dealkylation sites (tertiary alicyclic amines) is 1. The average Bonchev–Trinajstić information content (AvgIpc) is 2.92. The normalized spacial score (nSPS) is 28.4. The van der Waals surface area contributed by atoms with E-state index in [1.807, 2.05) is 25.7 Å². The first-order chi connectivity index (χ1) is 13.2. The molecule has 6 nitrogen and oxygen atoms in total. The quantitative estimate of drug-likeness (QED) is 0.444. The van der Waals surface area contributed by atoms with Gasteiger partial charge in [-0.15, -0.1) is 0 Å². The van der Waals surface area contributed by atoms with E-state index in [2.05, 4.69) is 33.9 Å². The zero-order valence-electron chi connectivity index (χ0n) is 20.0. The molecule has 0 N–H and O–H groups in total. The Morgan fingerprint density at radius 2 is 1.79 bits per heavy atom. The zero-order valence-corrected chi connectivity index (χ0v) is 21.0. The molecule has 2 aliphatic rings. The maximum Gasteiger partial charge on any atom is 0.410 e. The first-order valence-corrected chi connectivity index (χ1v) is 13.9. The smallest absolute Gasteiger partial charge is 0.410 e. The number of carbonyl (C=O) groups is 1. The molecule has 0 spiro atoms. The van der Waals surface area contributed by atoms with Gasteiger partial charge < -0.3 is 23.5 Å². The van der Waals surface area contributed by atoms with Gasteiger partial charge in [0, 0.05) is 32.7 Å². The maximum atomic E-state index is 12.5. The minimum absolute atomic E-state index is 0.119. The summed E-state index contributed by atoms with van der Waals surface area (Å²) in [4.78, 5) is 14.4. The Hall–Kier alpha value is -0.633. The lowest BCUT2D eigenvalue weighted by molar-refractivity contribution is -0.0921. The van der Waals surface area contributed by atoms with E-state index in [1.54, 1.807) is 7.11 Å². The molecule has 1 unspecified atom stereocenters. The molecular formula is C22H43NO5Si. The number of methoxy groups -OCH3 is 1. The summed E-state index contributed by atoms with van der Waals surface area (Å²) >= 11 is 0. The van der Waals surface area contributed by atoms with Gasteiger partial charge in [-0.05, 0) is 63.6 Å². The van der Waals surface area contributed by atoms with Crippen molar-refractivity contribution in [2.45, 2.75) is 84.2 Å². The standard InChI is InChI=1S/C22H43NO5Si/c1-21(2,3)28-20(24)23-11-10-17-16(13-23)12-19(26-15-25-7)18(17)14-27-29(8,9)22(4,5)6/h16-19H,10-15H2,1-9H3/t16-,17-,18-,19?/m0/s1. The summed E-state index contributed by atoms with van der Waals surface area (Å²) < 4.78 is 23.4. The molecule has 170 valence electrons. The molecule has 0 radical (unpaired) electrons. The Kier molecular flexibility index (Phi) is 7.85. The van der Waals surface area contributed by atoms with Gasteiger partial charge in [-0.1, -0.05) is 20.8 Å². The van der Waals surface area contributed by atoms with E-state index < -0.39 is 13.9 Å². The van der Waals surface area contributed by atoms with Gasteiger partial charge >= 0.3 is 6.09 Å². The summed E-state index contributed by atoms with van der Waals surface area (Å²) in [5, 5.41) is 0.188. The molecule has 29 heavy (non-hydrogen) atoms. The number of carbonyl (C=O) groups excluding carboxylic acids is 1. The van der Waals surface area contributed by atoms with Crippen LogP contribution in [0.25, 0.3) is 0 Å². The summed E-state index contributed by atoms with van der Waals surface area (Å²) in [6, 6.07) is 0. The van der Waals surface area contributed by atoms with Crippen molar-refractivity contribution < 1.29 is 23.4 Å². The highest BCUT2D eigenvalue weighted by atomic mass is 28.4. The van der Waals surface area contributed by atoms with E-state index in [0.717, 1.165) is 32.5 Å². The molecule has 1 saturated heterocycles. The third-order valence-electron chi connectivity index (χ3n) is 6.85. The van der Waals surface area contributed by atoms with Gasteiger partial charge in [0.25, 0.3) is 0 Å².